The SMILES string of the molecule is CC(C)Cn1cncc1CN(C)CC1CC(c2ccccc2)NN1. The zero-order valence-electron chi connectivity index (χ0n) is 14.9. The van der Waals surface area contributed by atoms with Gasteiger partial charge in [0.25, 0.3) is 0 Å². The topological polar surface area (TPSA) is 45.1 Å². The van der Waals surface area contributed by atoms with E-state index in [-0.39, 0.29) is 0 Å². The summed E-state index contributed by atoms with van der Waals surface area (Å²) in [5, 5.41) is 0. The van der Waals surface area contributed by atoms with Gasteiger partial charge in [0.05, 0.1) is 12.0 Å². The fourth-order valence-electron chi connectivity index (χ4n) is 3.40. The highest BCUT2D eigenvalue weighted by Gasteiger charge is 2.25. The van der Waals surface area contributed by atoms with Crippen LogP contribution in [0.25, 0.3) is 0 Å². The van der Waals surface area contributed by atoms with Gasteiger partial charge >= 0.3 is 0 Å². The zero-order chi connectivity index (χ0) is 16.9. The molecule has 5 nitrogen and oxygen atoms in total. The molecule has 1 aliphatic rings. The van der Waals surface area contributed by atoms with E-state index in [1.807, 2.05) is 12.5 Å². The highest BCUT2D eigenvalue weighted by Crippen LogP contribution is 2.22. The number of hydrogen-bond acceptors (Lipinski definition) is 4. The van der Waals surface area contributed by atoms with Crippen molar-refractivity contribution in [2.24, 2.45) is 5.92 Å². The van der Waals surface area contributed by atoms with Gasteiger partial charge in [-0.2, -0.15) is 0 Å². The molecule has 2 N–H and O–H groups in total. The Morgan fingerprint density at radius 2 is 2.04 bits per heavy atom. The lowest BCUT2D eigenvalue weighted by Gasteiger charge is -2.21. The number of hydrazine groups is 1. The van der Waals surface area contributed by atoms with Crippen molar-refractivity contribution in [2.45, 2.75) is 45.4 Å². The zero-order valence-corrected chi connectivity index (χ0v) is 14.9. The van der Waals surface area contributed by atoms with E-state index in [2.05, 4.69) is 76.5 Å². The molecule has 24 heavy (non-hydrogen) atoms. The summed E-state index contributed by atoms with van der Waals surface area (Å²) in [5.41, 5.74) is 9.52. The number of nitrogens with one attached hydrogen (secondary N) is 2. The summed E-state index contributed by atoms with van der Waals surface area (Å²) < 4.78 is 2.27. The summed E-state index contributed by atoms with van der Waals surface area (Å²) >= 11 is 0. The van der Waals surface area contributed by atoms with E-state index in [1.165, 1.54) is 11.3 Å². The average molecular weight is 327 g/mol. The molecule has 2 heterocycles. The second-order valence-corrected chi connectivity index (χ2v) is 7.31. The van der Waals surface area contributed by atoms with E-state index < -0.39 is 0 Å². The van der Waals surface area contributed by atoms with Gasteiger partial charge in [0.1, 0.15) is 0 Å². The predicted molar refractivity (Wildman–Crippen MR) is 97.3 cm³/mol. The van der Waals surface area contributed by atoms with Gasteiger partial charge in [-0.25, -0.2) is 10.4 Å². The predicted octanol–water partition coefficient (Wildman–Crippen LogP) is 2.58. The molecule has 1 saturated heterocycles. The van der Waals surface area contributed by atoms with Crippen LogP contribution >= 0.6 is 0 Å². The molecule has 1 aliphatic heterocycles. The maximum Gasteiger partial charge on any atom is 0.0948 e. The third-order valence-electron chi connectivity index (χ3n) is 4.51. The van der Waals surface area contributed by atoms with Crippen molar-refractivity contribution >= 4 is 0 Å². The van der Waals surface area contributed by atoms with Gasteiger partial charge in [0.2, 0.25) is 0 Å². The Morgan fingerprint density at radius 1 is 1.25 bits per heavy atom. The molecule has 2 atom stereocenters. The second kappa shape index (κ2) is 7.92. The van der Waals surface area contributed by atoms with Gasteiger partial charge in [-0.05, 0) is 24.9 Å². The molecule has 5 heteroatoms. The van der Waals surface area contributed by atoms with Crippen molar-refractivity contribution in [1.82, 2.24) is 25.3 Å². The van der Waals surface area contributed by atoms with Crippen molar-refractivity contribution in [3.8, 4) is 0 Å². The van der Waals surface area contributed by atoms with Crippen LogP contribution in [0.5, 0.6) is 0 Å². The molecular weight excluding hydrogens is 298 g/mol. The number of hydrogen-bond donors (Lipinski definition) is 2. The third kappa shape index (κ3) is 4.44. The Balaban J connectivity index is 1.51. The van der Waals surface area contributed by atoms with Crippen molar-refractivity contribution in [3.05, 3.63) is 54.1 Å². The van der Waals surface area contributed by atoms with Crippen LogP contribution in [0.15, 0.2) is 42.9 Å². The Bertz CT molecular complexity index is 622. The maximum atomic E-state index is 4.32. The summed E-state index contributed by atoms with van der Waals surface area (Å²) in [5.74, 6) is 0.635. The molecule has 0 saturated carbocycles. The molecular formula is C19H29N5. The summed E-state index contributed by atoms with van der Waals surface area (Å²) in [6, 6.07) is 11.5. The van der Waals surface area contributed by atoms with Gasteiger partial charge in [-0.3, -0.25) is 10.3 Å². The van der Waals surface area contributed by atoms with Crippen LogP contribution in [0, 0.1) is 5.92 Å². The lowest BCUT2D eigenvalue weighted by atomic mass is 10.0. The highest BCUT2D eigenvalue weighted by molar-refractivity contribution is 5.20. The van der Waals surface area contributed by atoms with Crippen LogP contribution in [-0.2, 0) is 13.1 Å². The van der Waals surface area contributed by atoms with Crippen LogP contribution in [-0.4, -0.2) is 34.1 Å². The van der Waals surface area contributed by atoms with Crippen LogP contribution in [0.2, 0.25) is 0 Å². The Kier molecular flexibility index (Phi) is 5.66. The molecule has 0 aliphatic carbocycles. The number of aromatic nitrogens is 2. The van der Waals surface area contributed by atoms with Crippen molar-refractivity contribution in [3.63, 3.8) is 0 Å². The lowest BCUT2D eigenvalue weighted by molar-refractivity contribution is 0.280. The summed E-state index contributed by atoms with van der Waals surface area (Å²) in [6.45, 7) is 7.46. The lowest BCUT2D eigenvalue weighted by Crippen LogP contribution is -2.38. The molecule has 1 aromatic carbocycles. The van der Waals surface area contributed by atoms with Gasteiger partial charge < -0.3 is 4.57 Å². The molecule has 2 aromatic rings. The molecule has 3 rings (SSSR count). The van der Waals surface area contributed by atoms with Crippen molar-refractivity contribution in [2.75, 3.05) is 13.6 Å². The minimum atomic E-state index is 0.399. The molecule has 0 radical (unpaired) electrons. The van der Waals surface area contributed by atoms with Crippen LogP contribution < -0.4 is 10.9 Å². The third-order valence-corrected chi connectivity index (χ3v) is 4.51. The first-order valence-corrected chi connectivity index (χ1v) is 8.85. The average Bonchev–Trinajstić information content (AvgIpc) is 3.18. The van der Waals surface area contributed by atoms with Crippen LogP contribution in [0.4, 0.5) is 0 Å². The van der Waals surface area contributed by atoms with E-state index in [0.29, 0.717) is 18.0 Å². The number of likely N-dealkylation sites (N-methyl/N-ethyl adjacent to an activating group) is 1. The second-order valence-electron chi connectivity index (χ2n) is 7.31. The Hall–Kier alpha value is -1.69. The van der Waals surface area contributed by atoms with E-state index in [9.17, 15) is 0 Å². The summed E-state index contributed by atoms with van der Waals surface area (Å²) in [4.78, 5) is 6.70. The minimum absolute atomic E-state index is 0.399. The molecule has 130 valence electrons. The number of benzene rings is 1. The van der Waals surface area contributed by atoms with Gasteiger partial charge in [0.15, 0.2) is 0 Å². The standard InChI is InChI=1S/C19H29N5/c1-15(2)11-24-14-20-10-18(24)13-23(3)12-17-9-19(22-21-17)16-7-5-4-6-8-16/h4-8,10,14-15,17,19,21-22H,9,11-13H2,1-3H3. The van der Waals surface area contributed by atoms with Gasteiger partial charge in [0, 0.05) is 37.9 Å². The Morgan fingerprint density at radius 3 is 2.79 bits per heavy atom. The quantitative estimate of drug-likeness (QED) is 0.820. The first-order valence-electron chi connectivity index (χ1n) is 8.85. The van der Waals surface area contributed by atoms with Crippen LogP contribution in [0.3, 0.4) is 0 Å². The Labute approximate surface area is 145 Å². The van der Waals surface area contributed by atoms with Crippen molar-refractivity contribution in [1.29, 1.82) is 0 Å². The summed E-state index contributed by atoms with van der Waals surface area (Å²) in [7, 11) is 2.18. The normalized spacial score (nSPS) is 21.0. The monoisotopic (exact) mass is 327 g/mol. The molecule has 2 unspecified atom stereocenters. The molecule has 1 aromatic heterocycles. The first-order chi connectivity index (χ1) is 11.6. The van der Waals surface area contributed by atoms with Crippen molar-refractivity contribution < 1.29 is 0 Å². The fraction of sp³-hybridized carbons (Fsp3) is 0.526. The highest BCUT2D eigenvalue weighted by atomic mass is 15.4. The van der Waals surface area contributed by atoms with E-state index >= 15 is 0 Å². The largest absolute Gasteiger partial charge is 0.333 e. The number of imidazole rings is 1. The van der Waals surface area contributed by atoms with Gasteiger partial charge in [-0.15, -0.1) is 0 Å². The molecule has 0 bridgehead atoms. The van der Waals surface area contributed by atoms with Crippen LogP contribution in [0.1, 0.15) is 37.6 Å². The summed E-state index contributed by atoms with van der Waals surface area (Å²) in [6.07, 6.45) is 5.05. The smallest absolute Gasteiger partial charge is 0.0948 e. The van der Waals surface area contributed by atoms with E-state index in [0.717, 1.165) is 26.1 Å². The maximum absolute atomic E-state index is 4.32. The number of rotatable bonds is 7. The number of nitrogens with zero attached hydrogens (tertiary/aromatic N) is 3. The van der Waals surface area contributed by atoms with E-state index in [4.69, 9.17) is 0 Å². The van der Waals surface area contributed by atoms with E-state index in [1.54, 1.807) is 0 Å². The fourth-order valence-corrected chi connectivity index (χ4v) is 3.40. The molecule has 0 spiro atoms. The molecule has 0 amide bonds. The van der Waals surface area contributed by atoms with Gasteiger partial charge in [-0.1, -0.05) is 44.2 Å². The minimum Gasteiger partial charge on any atom is -0.333 e. The first kappa shape index (κ1) is 17.1. The molecule has 1 fully saturated rings.